The van der Waals surface area contributed by atoms with Gasteiger partial charge in [-0.1, -0.05) is 19.1 Å². The van der Waals surface area contributed by atoms with Crippen LogP contribution in [0.1, 0.15) is 30.2 Å². The van der Waals surface area contributed by atoms with Crippen LogP contribution >= 0.6 is 0 Å². The maximum Gasteiger partial charge on any atom is 0.371 e. The van der Waals surface area contributed by atoms with Gasteiger partial charge in [0.25, 0.3) is 0 Å². The van der Waals surface area contributed by atoms with Gasteiger partial charge in [0.15, 0.2) is 11.5 Å². The first-order valence-electron chi connectivity index (χ1n) is 9.55. The molecule has 0 radical (unpaired) electrons. The van der Waals surface area contributed by atoms with Gasteiger partial charge in [0.05, 0.1) is 33.3 Å². The summed E-state index contributed by atoms with van der Waals surface area (Å²) in [5.74, 6) is -0.245. The van der Waals surface area contributed by atoms with Crippen LogP contribution in [0.4, 0.5) is 0 Å². The molecule has 0 bridgehead atoms. The van der Waals surface area contributed by atoms with Crippen molar-refractivity contribution in [2.45, 2.75) is 26.3 Å². The van der Waals surface area contributed by atoms with E-state index in [4.69, 9.17) is 24.6 Å². The molecule has 0 spiro atoms. The van der Waals surface area contributed by atoms with Gasteiger partial charge in [-0.15, -0.1) is 0 Å². The summed E-state index contributed by atoms with van der Waals surface area (Å²) in [7, 11) is 2.84. The second kappa shape index (κ2) is 11.4. The third-order valence-corrected chi connectivity index (χ3v) is 4.47. The molecule has 2 aromatic rings. The monoisotopic (exact) mass is 410 g/mol. The zero-order valence-electron chi connectivity index (χ0n) is 17.4. The summed E-state index contributed by atoms with van der Waals surface area (Å²) in [5.41, 5.74) is 2.91. The first kappa shape index (κ1) is 22.6. The summed E-state index contributed by atoms with van der Waals surface area (Å²) in [5, 5.41) is 17.8. The summed E-state index contributed by atoms with van der Waals surface area (Å²) >= 11 is 0. The van der Waals surface area contributed by atoms with Crippen molar-refractivity contribution in [1.29, 1.82) is 5.26 Å². The number of hydrogen-bond acceptors (Lipinski definition) is 5. The summed E-state index contributed by atoms with van der Waals surface area (Å²) in [6.45, 7) is 3.14. The first-order valence-corrected chi connectivity index (χ1v) is 9.55. The van der Waals surface area contributed by atoms with E-state index in [1.165, 1.54) is 25.9 Å². The molecule has 1 heterocycles. The van der Waals surface area contributed by atoms with Crippen molar-refractivity contribution < 1.29 is 24.1 Å². The molecule has 7 nitrogen and oxygen atoms in total. The minimum absolute atomic E-state index is 0.165. The summed E-state index contributed by atoms with van der Waals surface area (Å²) in [4.78, 5) is 11.1. The smallest absolute Gasteiger partial charge is 0.371 e. The lowest BCUT2D eigenvalue weighted by Crippen LogP contribution is -2.09. The highest BCUT2D eigenvalue weighted by molar-refractivity contribution is 5.89. The average Bonchev–Trinajstić information content (AvgIpc) is 3.14. The van der Waals surface area contributed by atoms with E-state index in [-0.39, 0.29) is 5.76 Å². The van der Waals surface area contributed by atoms with Crippen molar-refractivity contribution in [3.8, 4) is 17.6 Å². The van der Waals surface area contributed by atoms with Gasteiger partial charge in [-0.25, -0.2) is 4.79 Å². The van der Waals surface area contributed by atoms with Gasteiger partial charge in [-0.2, -0.15) is 5.26 Å². The van der Waals surface area contributed by atoms with Crippen molar-refractivity contribution in [3.63, 3.8) is 0 Å². The molecule has 0 aliphatic rings. The Kier molecular flexibility index (Phi) is 8.57. The Labute approximate surface area is 176 Å². The lowest BCUT2D eigenvalue weighted by molar-refractivity contribution is -0.135. The van der Waals surface area contributed by atoms with Crippen molar-refractivity contribution in [2.24, 2.45) is 0 Å². The molecule has 0 aliphatic heterocycles. The molecule has 1 aromatic carbocycles. The average molecular weight is 410 g/mol. The van der Waals surface area contributed by atoms with Crippen LogP contribution in [-0.4, -0.2) is 36.5 Å². The molecule has 0 fully saturated rings. The normalized spacial score (nSPS) is 11.3. The van der Waals surface area contributed by atoms with E-state index in [9.17, 15) is 4.79 Å². The third kappa shape index (κ3) is 5.92. The largest absolute Gasteiger partial charge is 0.493 e. The van der Waals surface area contributed by atoms with Crippen molar-refractivity contribution in [3.05, 3.63) is 59.1 Å². The van der Waals surface area contributed by atoms with E-state index in [0.717, 1.165) is 12.1 Å². The number of nitrogens with zero attached hydrogens (tertiary/aromatic N) is 2. The van der Waals surface area contributed by atoms with Gasteiger partial charge in [0, 0.05) is 11.9 Å². The van der Waals surface area contributed by atoms with Crippen LogP contribution in [0.5, 0.6) is 11.5 Å². The van der Waals surface area contributed by atoms with Crippen LogP contribution in [0.3, 0.4) is 0 Å². The number of carbonyl (C=O) groups is 1. The van der Waals surface area contributed by atoms with Gasteiger partial charge >= 0.3 is 5.97 Å². The van der Waals surface area contributed by atoms with Crippen molar-refractivity contribution in [2.75, 3.05) is 20.8 Å². The van der Waals surface area contributed by atoms with Crippen molar-refractivity contribution in [1.82, 2.24) is 4.57 Å². The molecular weight excluding hydrogens is 384 g/mol. The molecule has 0 amide bonds. The minimum atomic E-state index is -1.14. The van der Waals surface area contributed by atoms with E-state index in [2.05, 4.69) is 23.6 Å². The van der Waals surface area contributed by atoms with E-state index >= 15 is 0 Å². The van der Waals surface area contributed by atoms with Crippen LogP contribution < -0.4 is 9.47 Å². The molecule has 7 heteroatoms. The highest BCUT2D eigenvalue weighted by Crippen LogP contribution is 2.29. The van der Waals surface area contributed by atoms with Crippen LogP contribution in [0.2, 0.25) is 0 Å². The topological polar surface area (TPSA) is 93.7 Å². The first-order chi connectivity index (χ1) is 14.5. The highest BCUT2D eigenvalue weighted by Gasteiger charge is 2.10. The number of benzene rings is 1. The van der Waals surface area contributed by atoms with Gasteiger partial charge in [0.1, 0.15) is 6.61 Å². The van der Waals surface area contributed by atoms with E-state index in [0.29, 0.717) is 36.6 Å². The van der Waals surface area contributed by atoms with E-state index in [1.807, 2.05) is 18.3 Å². The molecule has 30 heavy (non-hydrogen) atoms. The van der Waals surface area contributed by atoms with Crippen LogP contribution in [0.25, 0.3) is 12.2 Å². The fraction of sp³-hybridized carbons (Fsp3) is 0.304. The molecule has 1 aromatic heterocycles. The number of carboxylic acid groups (broad SMARTS) is 1. The second-order valence-electron chi connectivity index (χ2n) is 6.31. The fourth-order valence-corrected chi connectivity index (χ4v) is 2.96. The molecule has 0 saturated heterocycles. The maximum atomic E-state index is 11.1. The Bertz CT molecular complexity index is 966. The minimum Gasteiger partial charge on any atom is -0.493 e. The van der Waals surface area contributed by atoms with Gasteiger partial charge in [-0.3, -0.25) is 0 Å². The molecule has 158 valence electrons. The summed E-state index contributed by atoms with van der Waals surface area (Å²) in [6.07, 6.45) is 8.53. The molecule has 0 unspecified atom stereocenters. The standard InChI is InChI=1S/C23H26N2O5/c1-4-18-10-12-25(19(18)7-5-6-11-24)13-14-30-20-9-8-17(15-21(20)28-2)16-22(29-3)23(26)27/h5,7-10,12,15-16H,4,6,13-14H2,1-3H3,(H,26,27)/b7-5-,22-16-. The van der Waals surface area contributed by atoms with Crippen LogP contribution in [0.15, 0.2) is 42.3 Å². The summed E-state index contributed by atoms with van der Waals surface area (Å²) < 4.78 is 18.2. The van der Waals surface area contributed by atoms with Crippen LogP contribution in [0, 0.1) is 11.3 Å². The molecular formula is C23H26N2O5. The molecule has 0 saturated carbocycles. The van der Waals surface area contributed by atoms with Crippen molar-refractivity contribution >= 4 is 18.1 Å². The van der Waals surface area contributed by atoms with Gasteiger partial charge in [0.2, 0.25) is 5.76 Å². The fourth-order valence-electron chi connectivity index (χ4n) is 2.96. The maximum absolute atomic E-state index is 11.1. The number of carboxylic acids is 1. The van der Waals surface area contributed by atoms with Gasteiger partial charge in [-0.05, 0) is 47.9 Å². The lowest BCUT2D eigenvalue weighted by atomic mass is 10.1. The predicted molar refractivity (Wildman–Crippen MR) is 114 cm³/mol. The number of ether oxygens (including phenoxy) is 3. The lowest BCUT2D eigenvalue weighted by Gasteiger charge is -2.13. The van der Waals surface area contributed by atoms with Gasteiger partial charge < -0.3 is 23.9 Å². The number of allylic oxidation sites excluding steroid dienone is 1. The van der Waals surface area contributed by atoms with E-state index < -0.39 is 5.97 Å². The number of aryl methyl sites for hydroxylation is 1. The Morgan fingerprint density at radius 3 is 2.70 bits per heavy atom. The summed E-state index contributed by atoms with van der Waals surface area (Å²) in [6, 6.07) is 9.35. The number of nitriles is 1. The zero-order valence-corrected chi connectivity index (χ0v) is 17.4. The number of aromatic nitrogens is 1. The molecule has 1 N–H and O–H groups in total. The Balaban J connectivity index is 2.11. The number of aliphatic carboxylic acids is 1. The Morgan fingerprint density at radius 1 is 1.27 bits per heavy atom. The Morgan fingerprint density at radius 2 is 2.07 bits per heavy atom. The SMILES string of the molecule is CCc1ccn(CCOc2ccc(/C=C(\OC)C(=O)O)cc2OC)c1/C=C\CC#N. The van der Waals surface area contributed by atoms with E-state index in [1.54, 1.807) is 18.2 Å². The second-order valence-corrected chi connectivity index (χ2v) is 6.31. The van der Waals surface area contributed by atoms with Crippen LogP contribution in [-0.2, 0) is 22.5 Å². The quantitative estimate of drug-likeness (QED) is 0.442. The molecule has 0 atom stereocenters. The Hall–Kier alpha value is -3.66. The molecule has 0 aliphatic carbocycles. The number of hydrogen-bond donors (Lipinski definition) is 1. The third-order valence-electron chi connectivity index (χ3n) is 4.47. The predicted octanol–water partition coefficient (Wildman–Crippen LogP) is 4.14. The number of methoxy groups -OCH3 is 2. The highest BCUT2D eigenvalue weighted by atomic mass is 16.5. The molecule has 2 rings (SSSR count). The zero-order chi connectivity index (χ0) is 21.9. The number of rotatable bonds is 11.